The van der Waals surface area contributed by atoms with Gasteiger partial charge in [-0.3, -0.25) is 0 Å². The summed E-state index contributed by atoms with van der Waals surface area (Å²) in [6.07, 6.45) is 4.54. The smallest absolute Gasteiger partial charge is 0.330 e. The summed E-state index contributed by atoms with van der Waals surface area (Å²) in [6, 6.07) is 12.8. The summed E-state index contributed by atoms with van der Waals surface area (Å²) in [5.41, 5.74) is 2.69. The molecule has 0 amide bonds. The molecule has 1 unspecified atom stereocenters. The number of carbonyl (C=O) groups is 2. The quantitative estimate of drug-likeness (QED) is 0.461. The number of esters is 2. The van der Waals surface area contributed by atoms with E-state index in [4.69, 9.17) is 18.9 Å². The normalized spacial score (nSPS) is 12.0. The fourth-order valence-electron chi connectivity index (χ4n) is 2.46. The van der Waals surface area contributed by atoms with Gasteiger partial charge in [-0.15, -0.1) is 0 Å². The standard InChI is InChI=1S/C24H26O7/c1-17-4-6-18(7-5-17)9-12-23(26)30-15-20(25)16-31-24(27)13-10-19-8-11-21(28-2)22(14-19)29-3/h4-14,20,25H,15-16H2,1-3H3. The fraction of sp³-hybridized carbons (Fsp3) is 0.250. The molecule has 0 heterocycles. The molecule has 0 aliphatic carbocycles. The van der Waals surface area contributed by atoms with E-state index in [-0.39, 0.29) is 13.2 Å². The number of methoxy groups -OCH3 is 2. The fourth-order valence-corrected chi connectivity index (χ4v) is 2.46. The molecule has 164 valence electrons. The number of benzene rings is 2. The first-order valence-corrected chi connectivity index (χ1v) is 9.57. The van der Waals surface area contributed by atoms with E-state index >= 15 is 0 Å². The number of aliphatic hydroxyl groups excluding tert-OH is 1. The average Bonchev–Trinajstić information content (AvgIpc) is 2.79. The Bertz CT molecular complexity index is 929. The van der Waals surface area contributed by atoms with Gasteiger partial charge in [-0.25, -0.2) is 9.59 Å². The number of hydrogen-bond donors (Lipinski definition) is 1. The summed E-state index contributed by atoms with van der Waals surface area (Å²) in [6.45, 7) is 1.38. The molecular formula is C24H26O7. The monoisotopic (exact) mass is 426 g/mol. The van der Waals surface area contributed by atoms with Crippen molar-refractivity contribution in [3.05, 3.63) is 71.3 Å². The van der Waals surface area contributed by atoms with Crippen LogP contribution in [0.2, 0.25) is 0 Å². The Kier molecular flexibility index (Phi) is 9.32. The maximum absolute atomic E-state index is 11.8. The Balaban J connectivity index is 1.73. The second kappa shape index (κ2) is 12.2. The van der Waals surface area contributed by atoms with E-state index < -0.39 is 18.0 Å². The van der Waals surface area contributed by atoms with Crippen molar-refractivity contribution in [2.75, 3.05) is 27.4 Å². The Morgan fingerprint density at radius 2 is 1.35 bits per heavy atom. The van der Waals surface area contributed by atoms with Crippen LogP contribution in [0.25, 0.3) is 12.2 Å². The van der Waals surface area contributed by atoms with Crippen molar-refractivity contribution < 1.29 is 33.6 Å². The number of aliphatic hydroxyl groups is 1. The van der Waals surface area contributed by atoms with Crippen molar-refractivity contribution in [3.8, 4) is 11.5 Å². The molecule has 0 saturated carbocycles. The van der Waals surface area contributed by atoms with Gasteiger partial charge in [-0.1, -0.05) is 35.9 Å². The lowest BCUT2D eigenvalue weighted by molar-refractivity contribution is -0.146. The second-order valence-electron chi connectivity index (χ2n) is 6.61. The Labute approximate surface area is 181 Å². The van der Waals surface area contributed by atoms with Crippen molar-refractivity contribution in [3.63, 3.8) is 0 Å². The number of hydrogen-bond acceptors (Lipinski definition) is 7. The highest BCUT2D eigenvalue weighted by Gasteiger charge is 2.10. The summed E-state index contributed by atoms with van der Waals surface area (Å²) in [5.74, 6) is -0.126. The minimum Gasteiger partial charge on any atom is -0.493 e. The highest BCUT2D eigenvalue weighted by molar-refractivity contribution is 5.87. The van der Waals surface area contributed by atoms with E-state index in [2.05, 4.69) is 0 Å². The van der Waals surface area contributed by atoms with Gasteiger partial charge in [0.25, 0.3) is 0 Å². The third-order valence-corrected chi connectivity index (χ3v) is 4.14. The number of carbonyl (C=O) groups excluding carboxylic acids is 2. The van der Waals surface area contributed by atoms with Crippen molar-refractivity contribution in [1.82, 2.24) is 0 Å². The van der Waals surface area contributed by atoms with Gasteiger partial charge in [0.15, 0.2) is 11.5 Å². The molecule has 7 heteroatoms. The minimum atomic E-state index is -1.13. The Morgan fingerprint density at radius 3 is 1.90 bits per heavy atom. The van der Waals surface area contributed by atoms with Gasteiger partial charge in [0.1, 0.15) is 19.3 Å². The van der Waals surface area contributed by atoms with E-state index in [0.717, 1.165) is 11.1 Å². The summed E-state index contributed by atoms with van der Waals surface area (Å²) >= 11 is 0. The molecule has 0 saturated heterocycles. The Morgan fingerprint density at radius 1 is 0.839 bits per heavy atom. The average molecular weight is 426 g/mol. The van der Waals surface area contributed by atoms with Crippen LogP contribution in [0.4, 0.5) is 0 Å². The first-order chi connectivity index (χ1) is 14.9. The number of aryl methyl sites for hydroxylation is 1. The maximum atomic E-state index is 11.8. The molecule has 0 bridgehead atoms. The van der Waals surface area contributed by atoms with Crippen LogP contribution in [0, 0.1) is 6.92 Å². The van der Waals surface area contributed by atoms with Crippen LogP contribution in [0.1, 0.15) is 16.7 Å². The van der Waals surface area contributed by atoms with Crippen LogP contribution in [-0.2, 0) is 19.1 Å². The highest BCUT2D eigenvalue weighted by atomic mass is 16.6. The number of rotatable bonds is 10. The molecule has 0 aliphatic heterocycles. The predicted octanol–water partition coefficient (Wildman–Crippen LogP) is 3.19. The molecule has 0 aliphatic rings. The molecule has 2 aromatic rings. The lowest BCUT2D eigenvalue weighted by Gasteiger charge is -2.10. The molecule has 7 nitrogen and oxygen atoms in total. The molecule has 0 aromatic heterocycles. The van der Waals surface area contributed by atoms with Crippen molar-refractivity contribution in [2.24, 2.45) is 0 Å². The minimum absolute atomic E-state index is 0.288. The lowest BCUT2D eigenvalue weighted by Crippen LogP contribution is -2.24. The zero-order valence-electron chi connectivity index (χ0n) is 17.7. The summed E-state index contributed by atoms with van der Waals surface area (Å²) in [4.78, 5) is 23.5. The molecule has 31 heavy (non-hydrogen) atoms. The van der Waals surface area contributed by atoms with Gasteiger partial charge in [-0.2, -0.15) is 0 Å². The van der Waals surface area contributed by atoms with Crippen molar-refractivity contribution in [2.45, 2.75) is 13.0 Å². The zero-order valence-corrected chi connectivity index (χ0v) is 17.7. The molecule has 0 fully saturated rings. The Hall–Kier alpha value is -3.58. The van der Waals surface area contributed by atoms with Crippen LogP contribution in [-0.4, -0.2) is 50.6 Å². The first kappa shape index (κ1) is 23.7. The third kappa shape index (κ3) is 8.36. The lowest BCUT2D eigenvalue weighted by atomic mass is 10.1. The molecule has 0 spiro atoms. The topological polar surface area (TPSA) is 91.3 Å². The van der Waals surface area contributed by atoms with Gasteiger partial charge in [0.2, 0.25) is 0 Å². The van der Waals surface area contributed by atoms with Crippen molar-refractivity contribution >= 4 is 24.1 Å². The van der Waals surface area contributed by atoms with Crippen LogP contribution >= 0.6 is 0 Å². The van der Waals surface area contributed by atoms with Gasteiger partial charge in [-0.05, 0) is 42.3 Å². The van der Waals surface area contributed by atoms with Crippen LogP contribution in [0.5, 0.6) is 11.5 Å². The summed E-state index contributed by atoms with van der Waals surface area (Å²) in [7, 11) is 3.06. The molecule has 2 rings (SSSR count). The van der Waals surface area contributed by atoms with E-state index in [0.29, 0.717) is 17.1 Å². The van der Waals surface area contributed by atoms with E-state index in [1.807, 2.05) is 31.2 Å². The van der Waals surface area contributed by atoms with E-state index in [1.165, 1.54) is 26.4 Å². The van der Waals surface area contributed by atoms with E-state index in [1.54, 1.807) is 30.4 Å². The van der Waals surface area contributed by atoms with Crippen LogP contribution < -0.4 is 9.47 Å². The molecule has 2 aromatic carbocycles. The molecule has 1 atom stereocenters. The second-order valence-corrected chi connectivity index (χ2v) is 6.61. The summed E-state index contributed by atoms with van der Waals surface area (Å²) < 4.78 is 20.3. The van der Waals surface area contributed by atoms with Crippen LogP contribution in [0.3, 0.4) is 0 Å². The maximum Gasteiger partial charge on any atom is 0.330 e. The van der Waals surface area contributed by atoms with Crippen LogP contribution in [0.15, 0.2) is 54.6 Å². The van der Waals surface area contributed by atoms with Crippen molar-refractivity contribution in [1.29, 1.82) is 0 Å². The highest BCUT2D eigenvalue weighted by Crippen LogP contribution is 2.27. The molecule has 1 N–H and O–H groups in total. The summed E-state index contributed by atoms with van der Waals surface area (Å²) in [5, 5.41) is 9.84. The first-order valence-electron chi connectivity index (χ1n) is 9.57. The predicted molar refractivity (Wildman–Crippen MR) is 117 cm³/mol. The van der Waals surface area contributed by atoms with E-state index in [9.17, 15) is 14.7 Å². The van der Waals surface area contributed by atoms with Gasteiger partial charge in [0, 0.05) is 12.2 Å². The molecular weight excluding hydrogens is 400 g/mol. The zero-order chi connectivity index (χ0) is 22.6. The van der Waals surface area contributed by atoms with Gasteiger partial charge in [0.05, 0.1) is 14.2 Å². The third-order valence-electron chi connectivity index (χ3n) is 4.14. The number of ether oxygens (including phenoxy) is 4. The van der Waals surface area contributed by atoms with Gasteiger partial charge < -0.3 is 24.1 Å². The molecule has 0 radical (unpaired) electrons. The SMILES string of the molecule is COc1ccc(C=CC(=O)OCC(O)COC(=O)C=Cc2ccc(C)cc2)cc1OC. The van der Waals surface area contributed by atoms with Gasteiger partial charge >= 0.3 is 11.9 Å². The largest absolute Gasteiger partial charge is 0.493 e.